The van der Waals surface area contributed by atoms with Crippen LogP contribution in [-0.4, -0.2) is 47.5 Å². The van der Waals surface area contributed by atoms with E-state index in [0.717, 1.165) is 32.6 Å². The van der Waals surface area contributed by atoms with Gasteiger partial charge in [-0.2, -0.15) is 0 Å². The Hall–Kier alpha value is -1.14. The molecular weight excluding hydrogens is 320 g/mol. The zero-order valence-corrected chi connectivity index (χ0v) is 15.7. The highest BCUT2D eigenvalue weighted by Crippen LogP contribution is 2.38. The maximum absolute atomic E-state index is 12.7. The molecule has 0 saturated carbocycles. The Bertz CT molecular complexity index is 613. The van der Waals surface area contributed by atoms with Gasteiger partial charge in [-0.25, -0.2) is 4.98 Å². The van der Waals surface area contributed by atoms with Gasteiger partial charge in [-0.05, 0) is 18.8 Å². The molecule has 0 radical (unpaired) electrons. The lowest BCUT2D eigenvalue weighted by Gasteiger charge is -2.35. The second kappa shape index (κ2) is 6.30. The van der Waals surface area contributed by atoms with Crippen LogP contribution < -0.4 is 10.2 Å². The number of nitrogens with one attached hydrogen (secondary N) is 1. The van der Waals surface area contributed by atoms with Crippen LogP contribution >= 0.6 is 11.3 Å². The van der Waals surface area contributed by atoms with Crippen molar-refractivity contribution in [3.63, 3.8) is 0 Å². The standard InChI is InChI=1S/C18H28N4OS/c1-11(2)12(3)17(23)21-7-6-15-16(10-21)24-18(20-15)22-13-4-5-14(22)9-19-8-13/h11-14,19H,4-10H2,1-3H3. The first-order chi connectivity index (χ1) is 11.5. The number of carbonyl (C=O) groups is 1. The van der Waals surface area contributed by atoms with E-state index >= 15 is 0 Å². The minimum absolute atomic E-state index is 0.1000. The van der Waals surface area contributed by atoms with Crippen molar-refractivity contribution < 1.29 is 4.79 Å². The number of piperazine rings is 1. The van der Waals surface area contributed by atoms with E-state index in [0.29, 0.717) is 23.9 Å². The number of nitrogens with zero attached hydrogens (tertiary/aromatic N) is 3. The first-order valence-corrected chi connectivity index (χ1v) is 10.1. The number of thiazole rings is 1. The van der Waals surface area contributed by atoms with E-state index < -0.39 is 0 Å². The predicted molar refractivity (Wildman–Crippen MR) is 97.4 cm³/mol. The van der Waals surface area contributed by atoms with Crippen molar-refractivity contribution in [3.8, 4) is 0 Å². The third-order valence-electron chi connectivity index (χ3n) is 6.02. The molecule has 2 fully saturated rings. The maximum Gasteiger partial charge on any atom is 0.225 e. The normalized spacial score (nSPS) is 27.5. The largest absolute Gasteiger partial charge is 0.340 e. The topological polar surface area (TPSA) is 48.5 Å². The lowest BCUT2D eigenvalue weighted by molar-refractivity contribution is -0.137. The summed E-state index contributed by atoms with van der Waals surface area (Å²) in [5, 5.41) is 4.73. The SMILES string of the molecule is CC(C)C(C)C(=O)N1CCc2nc(N3C4CCC3CNC4)sc2C1. The van der Waals surface area contributed by atoms with E-state index in [1.165, 1.54) is 28.5 Å². The summed E-state index contributed by atoms with van der Waals surface area (Å²) in [4.78, 5) is 23.5. The highest BCUT2D eigenvalue weighted by atomic mass is 32.1. The molecule has 2 saturated heterocycles. The molecule has 4 rings (SSSR count). The van der Waals surface area contributed by atoms with E-state index in [4.69, 9.17) is 4.98 Å². The van der Waals surface area contributed by atoms with Gasteiger partial charge < -0.3 is 15.1 Å². The summed E-state index contributed by atoms with van der Waals surface area (Å²) in [5.74, 6) is 0.795. The molecule has 5 nitrogen and oxygen atoms in total. The van der Waals surface area contributed by atoms with Crippen LogP contribution in [0.3, 0.4) is 0 Å². The van der Waals surface area contributed by atoms with Crippen LogP contribution in [0.5, 0.6) is 0 Å². The van der Waals surface area contributed by atoms with Crippen LogP contribution in [0.2, 0.25) is 0 Å². The lowest BCUT2D eigenvalue weighted by Crippen LogP contribution is -2.51. The molecule has 3 atom stereocenters. The van der Waals surface area contributed by atoms with E-state index in [1.54, 1.807) is 0 Å². The van der Waals surface area contributed by atoms with E-state index in [-0.39, 0.29) is 5.92 Å². The van der Waals surface area contributed by atoms with Crippen LogP contribution in [-0.2, 0) is 17.8 Å². The van der Waals surface area contributed by atoms with Gasteiger partial charge in [0.15, 0.2) is 5.13 Å². The number of fused-ring (bicyclic) bond motifs is 3. The Morgan fingerprint density at radius 2 is 1.96 bits per heavy atom. The van der Waals surface area contributed by atoms with Gasteiger partial charge in [0.2, 0.25) is 5.91 Å². The minimum atomic E-state index is 0.1000. The molecule has 1 N–H and O–H groups in total. The lowest BCUT2D eigenvalue weighted by atomic mass is 9.96. The summed E-state index contributed by atoms with van der Waals surface area (Å²) in [7, 11) is 0. The molecule has 1 amide bonds. The van der Waals surface area contributed by atoms with Gasteiger partial charge in [-0.3, -0.25) is 4.79 Å². The Labute approximate surface area is 148 Å². The van der Waals surface area contributed by atoms with Gasteiger partial charge in [0.05, 0.1) is 12.2 Å². The van der Waals surface area contributed by atoms with Crippen molar-refractivity contribution in [1.29, 1.82) is 0 Å². The molecule has 3 aliphatic heterocycles. The number of carbonyl (C=O) groups excluding carboxylic acids is 1. The van der Waals surface area contributed by atoms with Gasteiger partial charge in [-0.15, -0.1) is 0 Å². The zero-order chi connectivity index (χ0) is 16.8. The molecule has 3 unspecified atom stereocenters. The van der Waals surface area contributed by atoms with Gasteiger partial charge in [0.1, 0.15) is 0 Å². The first kappa shape index (κ1) is 16.3. The summed E-state index contributed by atoms with van der Waals surface area (Å²) in [6.07, 6.45) is 3.46. The Balaban J connectivity index is 1.51. The van der Waals surface area contributed by atoms with Crippen LogP contribution in [0.1, 0.15) is 44.2 Å². The highest BCUT2D eigenvalue weighted by Gasteiger charge is 2.39. The smallest absolute Gasteiger partial charge is 0.225 e. The monoisotopic (exact) mass is 348 g/mol. The summed E-state index contributed by atoms with van der Waals surface area (Å²) in [6, 6.07) is 1.21. The first-order valence-electron chi connectivity index (χ1n) is 9.31. The summed E-state index contributed by atoms with van der Waals surface area (Å²) < 4.78 is 0. The average Bonchev–Trinajstić information content (AvgIpc) is 3.10. The minimum Gasteiger partial charge on any atom is -0.340 e. The molecule has 0 aliphatic carbocycles. The number of rotatable bonds is 3. The van der Waals surface area contributed by atoms with Crippen molar-refractivity contribution in [1.82, 2.24) is 15.2 Å². The summed E-state index contributed by atoms with van der Waals surface area (Å²) in [6.45, 7) is 10.0. The van der Waals surface area contributed by atoms with Crippen molar-refractivity contribution in [3.05, 3.63) is 10.6 Å². The molecule has 0 spiro atoms. The molecule has 0 aromatic carbocycles. The molecular formula is C18H28N4OS. The molecule has 4 heterocycles. The van der Waals surface area contributed by atoms with Gasteiger partial charge >= 0.3 is 0 Å². The maximum atomic E-state index is 12.7. The van der Waals surface area contributed by atoms with Crippen LogP contribution in [0.25, 0.3) is 0 Å². The summed E-state index contributed by atoms with van der Waals surface area (Å²) >= 11 is 1.82. The third kappa shape index (κ3) is 2.73. The Morgan fingerprint density at radius 1 is 1.25 bits per heavy atom. The van der Waals surface area contributed by atoms with Crippen LogP contribution in [0.15, 0.2) is 0 Å². The molecule has 24 heavy (non-hydrogen) atoms. The highest BCUT2D eigenvalue weighted by molar-refractivity contribution is 7.15. The second-order valence-corrected chi connectivity index (χ2v) is 8.92. The molecule has 2 bridgehead atoms. The Morgan fingerprint density at radius 3 is 2.62 bits per heavy atom. The van der Waals surface area contributed by atoms with Gasteiger partial charge in [0.25, 0.3) is 0 Å². The third-order valence-corrected chi connectivity index (χ3v) is 7.12. The van der Waals surface area contributed by atoms with Crippen molar-refractivity contribution in [2.75, 3.05) is 24.5 Å². The molecule has 1 aromatic rings. The second-order valence-electron chi connectivity index (χ2n) is 7.86. The van der Waals surface area contributed by atoms with Gasteiger partial charge in [0, 0.05) is 48.9 Å². The quantitative estimate of drug-likeness (QED) is 0.910. The van der Waals surface area contributed by atoms with E-state index in [9.17, 15) is 4.79 Å². The van der Waals surface area contributed by atoms with Crippen molar-refractivity contribution >= 4 is 22.4 Å². The fraction of sp³-hybridized carbons (Fsp3) is 0.778. The number of anilines is 1. The number of amides is 1. The number of hydrogen-bond acceptors (Lipinski definition) is 5. The van der Waals surface area contributed by atoms with Crippen molar-refractivity contribution in [2.45, 2.75) is 58.7 Å². The van der Waals surface area contributed by atoms with Crippen LogP contribution in [0, 0.1) is 11.8 Å². The fourth-order valence-electron chi connectivity index (χ4n) is 4.14. The predicted octanol–water partition coefficient (Wildman–Crippen LogP) is 2.26. The van der Waals surface area contributed by atoms with Gasteiger partial charge in [-0.1, -0.05) is 32.1 Å². The number of hydrogen-bond donors (Lipinski definition) is 1. The zero-order valence-electron chi connectivity index (χ0n) is 14.9. The van der Waals surface area contributed by atoms with E-state index in [2.05, 4.69) is 31.0 Å². The average molecular weight is 349 g/mol. The molecule has 1 aromatic heterocycles. The number of aromatic nitrogens is 1. The summed E-state index contributed by atoms with van der Waals surface area (Å²) in [5.41, 5.74) is 1.23. The Kier molecular flexibility index (Phi) is 4.29. The molecule has 132 valence electrons. The fourth-order valence-corrected chi connectivity index (χ4v) is 5.41. The van der Waals surface area contributed by atoms with Crippen molar-refractivity contribution in [2.24, 2.45) is 11.8 Å². The molecule has 3 aliphatic rings. The van der Waals surface area contributed by atoms with E-state index in [1.807, 2.05) is 16.2 Å². The molecule has 6 heteroatoms. The van der Waals surface area contributed by atoms with Crippen LogP contribution in [0.4, 0.5) is 5.13 Å².